The van der Waals surface area contributed by atoms with Crippen LogP contribution >= 0.6 is 19.9 Å². The fourth-order valence-corrected chi connectivity index (χ4v) is 3.26. The highest BCUT2D eigenvalue weighted by Gasteiger charge is 2.26. The van der Waals surface area contributed by atoms with E-state index in [4.69, 9.17) is 13.0 Å². The Labute approximate surface area is 127 Å². The Morgan fingerprint density at radius 2 is 1.71 bits per heavy atom. The van der Waals surface area contributed by atoms with Crippen LogP contribution in [0.4, 0.5) is 0 Å². The lowest BCUT2D eigenvalue weighted by molar-refractivity contribution is -0.216. The van der Waals surface area contributed by atoms with Gasteiger partial charge in [-0.25, -0.2) is 13.3 Å². The number of hydrogen-bond acceptors (Lipinski definition) is 8. The summed E-state index contributed by atoms with van der Waals surface area (Å²) in [6.45, 7) is 3.80. The molecule has 0 aliphatic carbocycles. The Bertz CT molecular complexity index is 481. The molecule has 0 saturated carbocycles. The SMILES string of the molecule is CCOP(=O)(OCC)OSc1ccc(C(=O)OOC)cc1. The minimum absolute atomic E-state index is 0.208. The van der Waals surface area contributed by atoms with Gasteiger partial charge in [0.2, 0.25) is 0 Å². The Balaban J connectivity index is 2.63. The average molecular weight is 336 g/mol. The van der Waals surface area contributed by atoms with E-state index in [1.807, 2.05) is 0 Å². The molecule has 1 rings (SSSR count). The second-order valence-corrected chi connectivity index (χ2v) is 6.15. The molecule has 0 amide bonds. The first kappa shape index (κ1) is 18.2. The van der Waals surface area contributed by atoms with Gasteiger partial charge < -0.3 is 0 Å². The van der Waals surface area contributed by atoms with Crippen LogP contribution in [0, 0.1) is 0 Å². The summed E-state index contributed by atoms with van der Waals surface area (Å²) in [7, 11) is -2.33. The van der Waals surface area contributed by atoms with Gasteiger partial charge in [-0.1, -0.05) is 0 Å². The van der Waals surface area contributed by atoms with Gasteiger partial charge in [0, 0.05) is 16.9 Å². The molecule has 0 fully saturated rings. The van der Waals surface area contributed by atoms with Crippen LogP contribution in [-0.2, 0) is 27.4 Å². The Morgan fingerprint density at radius 3 is 2.19 bits per heavy atom. The average Bonchev–Trinajstić information content (AvgIpc) is 2.46. The van der Waals surface area contributed by atoms with Gasteiger partial charge in [-0.05, 0) is 38.1 Å². The summed E-state index contributed by atoms with van der Waals surface area (Å²) in [5.41, 5.74) is 0.319. The van der Waals surface area contributed by atoms with E-state index in [0.717, 1.165) is 12.0 Å². The fraction of sp³-hybridized carbons (Fsp3) is 0.417. The summed E-state index contributed by atoms with van der Waals surface area (Å²) in [6.07, 6.45) is 0. The maximum absolute atomic E-state index is 12.1. The zero-order chi connectivity index (χ0) is 15.7. The number of phosphoric acid groups is 1. The predicted molar refractivity (Wildman–Crippen MR) is 76.7 cm³/mol. The minimum Gasteiger partial charge on any atom is -0.293 e. The molecule has 0 aliphatic heterocycles. The topological polar surface area (TPSA) is 80.3 Å². The molecule has 0 bridgehead atoms. The molecule has 7 nitrogen and oxygen atoms in total. The maximum atomic E-state index is 12.1. The third-order valence-corrected chi connectivity index (χ3v) is 4.69. The number of hydrogen-bond donors (Lipinski definition) is 0. The van der Waals surface area contributed by atoms with Gasteiger partial charge in [0.15, 0.2) is 0 Å². The summed E-state index contributed by atoms with van der Waals surface area (Å²) in [4.78, 5) is 20.7. The second kappa shape index (κ2) is 9.19. The first-order chi connectivity index (χ1) is 10.0. The quantitative estimate of drug-likeness (QED) is 0.293. The molecule has 0 atom stereocenters. The summed E-state index contributed by atoms with van der Waals surface area (Å²) in [5.74, 6) is -0.607. The van der Waals surface area contributed by atoms with E-state index in [0.29, 0.717) is 10.5 Å². The van der Waals surface area contributed by atoms with Crippen LogP contribution in [0.15, 0.2) is 29.2 Å². The van der Waals surface area contributed by atoms with Gasteiger partial charge in [-0.3, -0.25) is 13.9 Å². The summed E-state index contributed by atoms with van der Waals surface area (Å²) in [6, 6.07) is 6.27. The van der Waals surface area contributed by atoms with Crippen molar-refractivity contribution in [1.82, 2.24) is 0 Å². The highest BCUT2D eigenvalue weighted by Crippen LogP contribution is 2.53. The largest absolute Gasteiger partial charge is 0.486 e. The molecule has 21 heavy (non-hydrogen) atoms. The van der Waals surface area contributed by atoms with Crippen LogP contribution in [0.3, 0.4) is 0 Å². The second-order valence-electron chi connectivity index (χ2n) is 3.50. The van der Waals surface area contributed by atoms with Crippen molar-refractivity contribution in [3.05, 3.63) is 29.8 Å². The third kappa shape index (κ3) is 6.17. The number of phosphoric ester groups is 1. The lowest BCUT2D eigenvalue weighted by Gasteiger charge is -2.14. The monoisotopic (exact) mass is 336 g/mol. The molecule has 0 radical (unpaired) electrons. The number of rotatable bonds is 9. The molecular weight excluding hydrogens is 319 g/mol. The molecule has 1 aromatic rings. The highest BCUT2D eigenvalue weighted by molar-refractivity contribution is 7.98. The Hall–Kier alpha value is -0.890. The Kier molecular flexibility index (Phi) is 7.95. The molecule has 0 spiro atoms. The number of carbonyl (C=O) groups excluding carboxylic acids is 1. The van der Waals surface area contributed by atoms with E-state index in [2.05, 4.69) is 9.78 Å². The van der Waals surface area contributed by atoms with E-state index in [1.54, 1.807) is 26.0 Å². The van der Waals surface area contributed by atoms with Gasteiger partial charge in [0.05, 0.1) is 25.9 Å². The van der Waals surface area contributed by atoms with E-state index in [9.17, 15) is 9.36 Å². The van der Waals surface area contributed by atoms with Gasteiger partial charge in [-0.15, -0.1) is 0 Å². The molecule has 1 aromatic carbocycles. The van der Waals surface area contributed by atoms with Crippen LogP contribution in [-0.4, -0.2) is 26.3 Å². The molecule has 0 saturated heterocycles. The van der Waals surface area contributed by atoms with Gasteiger partial charge in [0.25, 0.3) is 0 Å². The summed E-state index contributed by atoms with van der Waals surface area (Å²) >= 11 is 0.845. The van der Waals surface area contributed by atoms with Crippen molar-refractivity contribution in [3.8, 4) is 0 Å². The summed E-state index contributed by atoms with van der Waals surface area (Å²) < 4.78 is 27.2. The predicted octanol–water partition coefficient (Wildman–Crippen LogP) is 3.61. The van der Waals surface area contributed by atoms with Crippen molar-refractivity contribution in [2.24, 2.45) is 0 Å². The van der Waals surface area contributed by atoms with E-state index >= 15 is 0 Å². The van der Waals surface area contributed by atoms with Crippen LogP contribution in [0.1, 0.15) is 24.2 Å². The molecule has 0 aliphatic rings. The molecule has 118 valence electrons. The molecule has 0 heterocycles. The van der Waals surface area contributed by atoms with Crippen LogP contribution < -0.4 is 0 Å². The molecule has 9 heteroatoms. The van der Waals surface area contributed by atoms with Crippen LogP contribution in [0.2, 0.25) is 0 Å². The molecule has 0 N–H and O–H groups in total. The lowest BCUT2D eigenvalue weighted by atomic mass is 10.2. The standard InChI is InChI=1S/C12H17O7PS/c1-4-16-20(14,17-5-2)19-21-11-8-6-10(7-9-11)12(13)18-15-3/h6-9H,4-5H2,1-3H3. The van der Waals surface area contributed by atoms with Gasteiger partial charge >= 0.3 is 13.8 Å². The van der Waals surface area contributed by atoms with Gasteiger partial charge in [0.1, 0.15) is 0 Å². The highest BCUT2D eigenvalue weighted by atomic mass is 32.2. The first-order valence-corrected chi connectivity index (χ1v) is 8.35. The number of carbonyl (C=O) groups is 1. The Morgan fingerprint density at radius 1 is 1.14 bits per heavy atom. The summed E-state index contributed by atoms with van der Waals surface area (Å²) in [5, 5.41) is 0. The first-order valence-electron chi connectivity index (χ1n) is 6.15. The van der Waals surface area contributed by atoms with E-state index < -0.39 is 13.8 Å². The van der Waals surface area contributed by atoms with Crippen molar-refractivity contribution in [2.45, 2.75) is 18.7 Å². The normalized spacial score (nSPS) is 11.4. The van der Waals surface area contributed by atoms with Crippen molar-refractivity contribution in [2.75, 3.05) is 20.3 Å². The molecular formula is C12H17O7PS. The van der Waals surface area contributed by atoms with Gasteiger partial charge in [-0.2, -0.15) is 4.89 Å². The molecule has 0 aromatic heterocycles. The third-order valence-electron chi connectivity index (χ3n) is 2.05. The fourth-order valence-electron chi connectivity index (χ4n) is 1.26. The maximum Gasteiger partial charge on any atom is 0.486 e. The van der Waals surface area contributed by atoms with Crippen molar-refractivity contribution < 1.29 is 32.2 Å². The smallest absolute Gasteiger partial charge is 0.293 e. The zero-order valence-corrected chi connectivity index (χ0v) is 13.6. The van der Waals surface area contributed by atoms with E-state index in [1.165, 1.54) is 19.2 Å². The van der Waals surface area contributed by atoms with Crippen LogP contribution in [0.25, 0.3) is 0 Å². The van der Waals surface area contributed by atoms with Crippen molar-refractivity contribution in [1.29, 1.82) is 0 Å². The minimum atomic E-state index is -3.58. The van der Waals surface area contributed by atoms with Crippen LogP contribution in [0.5, 0.6) is 0 Å². The number of benzene rings is 1. The van der Waals surface area contributed by atoms with Crippen molar-refractivity contribution in [3.63, 3.8) is 0 Å². The molecule has 0 unspecified atom stereocenters. The zero-order valence-electron chi connectivity index (χ0n) is 11.9. The lowest BCUT2D eigenvalue weighted by Crippen LogP contribution is -2.03. The van der Waals surface area contributed by atoms with E-state index in [-0.39, 0.29) is 13.2 Å². The van der Waals surface area contributed by atoms with Crippen molar-refractivity contribution >= 4 is 25.8 Å².